The first-order valence-electron chi connectivity index (χ1n) is 8.42. The van der Waals surface area contributed by atoms with E-state index in [1.165, 1.54) is 4.88 Å². The highest BCUT2D eigenvalue weighted by molar-refractivity contribution is 14.0. The van der Waals surface area contributed by atoms with E-state index in [4.69, 9.17) is 4.52 Å². The summed E-state index contributed by atoms with van der Waals surface area (Å²) in [4.78, 5) is 10.1. The number of halogens is 1. The van der Waals surface area contributed by atoms with Crippen LogP contribution in [0.1, 0.15) is 46.4 Å². The van der Waals surface area contributed by atoms with Gasteiger partial charge >= 0.3 is 0 Å². The zero-order chi connectivity index (χ0) is 17.5. The lowest BCUT2D eigenvalue weighted by molar-refractivity contribution is 0.380. The molecule has 0 radical (unpaired) electrons. The van der Waals surface area contributed by atoms with Gasteiger partial charge in [-0.2, -0.15) is 0 Å². The van der Waals surface area contributed by atoms with Crippen LogP contribution in [0.15, 0.2) is 9.52 Å². The Morgan fingerprint density at radius 3 is 2.52 bits per heavy atom. The molecule has 2 N–H and O–H groups in total. The van der Waals surface area contributed by atoms with E-state index in [1.807, 2.05) is 6.92 Å². The number of rotatable bonds is 7. The first kappa shape index (κ1) is 21.9. The van der Waals surface area contributed by atoms with Gasteiger partial charge < -0.3 is 15.2 Å². The number of aromatic nitrogens is 2. The molecule has 2 aromatic heterocycles. The molecule has 0 unspecified atom stereocenters. The van der Waals surface area contributed by atoms with Crippen molar-refractivity contribution in [3.63, 3.8) is 0 Å². The zero-order valence-corrected chi connectivity index (χ0v) is 18.7. The van der Waals surface area contributed by atoms with Crippen LogP contribution in [0.4, 0.5) is 0 Å². The van der Waals surface area contributed by atoms with Crippen molar-refractivity contribution >= 4 is 41.3 Å². The van der Waals surface area contributed by atoms with Crippen molar-refractivity contribution in [2.24, 2.45) is 4.99 Å². The van der Waals surface area contributed by atoms with Gasteiger partial charge in [0.1, 0.15) is 5.76 Å². The number of aliphatic imine (C=N–C) groups is 1. The van der Waals surface area contributed by atoms with Crippen molar-refractivity contribution in [3.05, 3.63) is 32.6 Å². The molecular weight excluding hydrogens is 449 g/mol. The van der Waals surface area contributed by atoms with Gasteiger partial charge in [0.2, 0.25) is 0 Å². The molecule has 0 saturated carbocycles. The fraction of sp³-hybridized carbons (Fsp3) is 0.588. The Hall–Kier alpha value is -1.16. The average molecular weight is 477 g/mol. The van der Waals surface area contributed by atoms with Gasteiger partial charge in [0.05, 0.1) is 16.4 Å². The predicted octanol–water partition coefficient (Wildman–Crippen LogP) is 3.40. The molecule has 0 aliphatic carbocycles. The molecule has 0 fully saturated rings. The Morgan fingerprint density at radius 2 is 1.96 bits per heavy atom. The van der Waals surface area contributed by atoms with Crippen LogP contribution >= 0.6 is 35.3 Å². The normalized spacial score (nSPS) is 11.3. The summed E-state index contributed by atoms with van der Waals surface area (Å²) < 4.78 is 5.40. The highest BCUT2D eigenvalue weighted by Crippen LogP contribution is 2.17. The van der Waals surface area contributed by atoms with Crippen LogP contribution in [-0.4, -0.2) is 29.7 Å². The third-order valence-corrected chi connectivity index (χ3v) is 5.04. The Kier molecular flexibility index (Phi) is 9.41. The summed E-state index contributed by atoms with van der Waals surface area (Å²) in [6.45, 7) is 9.78. The molecule has 0 bridgehead atoms. The Bertz CT molecular complexity index is 674. The number of guanidine groups is 1. The summed E-state index contributed by atoms with van der Waals surface area (Å²) in [7, 11) is 1.78. The van der Waals surface area contributed by atoms with Gasteiger partial charge in [0.25, 0.3) is 0 Å². The molecule has 25 heavy (non-hydrogen) atoms. The van der Waals surface area contributed by atoms with Gasteiger partial charge in [-0.3, -0.25) is 4.99 Å². The second kappa shape index (κ2) is 10.7. The van der Waals surface area contributed by atoms with E-state index in [1.54, 1.807) is 18.4 Å². The van der Waals surface area contributed by atoms with E-state index < -0.39 is 0 Å². The van der Waals surface area contributed by atoms with Crippen molar-refractivity contribution in [2.75, 3.05) is 13.6 Å². The summed E-state index contributed by atoms with van der Waals surface area (Å²) in [5.41, 5.74) is 3.30. The van der Waals surface area contributed by atoms with Crippen molar-refractivity contribution in [1.29, 1.82) is 0 Å². The van der Waals surface area contributed by atoms with Crippen LogP contribution in [0.2, 0.25) is 0 Å². The maximum atomic E-state index is 5.40. The molecule has 2 aromatic rings. The first-order chi connectivity index (χ1) is 11.6. The van der Waals surface area contributed by atoms with Gasteiger partial charge in [0, 0.05) is 43.4 Å². The average Bonchev–Trinajstić information content (AvgIpc) is 3.12. The second-order valence-electron chi connectivity index (χ2n) is 5.58. The largest absolute Gasteiger partial charge is 0.361 e. The Labute approximate surface area is 170 Å². The molecule has 0 aromatic carbocycles. The number of nitrogens with zero attached hydrogens (tertiary/aromatic N) is 3. The zero-order valence-electron chi connectivity index (χ0n) is 15.6. The number of hydrogen-bond acceptors (Lipinski definition) is 5. The molecular formula is C17H28IN5OS. The minimum absolute atomic E-state index is 0. The highest BCUT2D eigenvalue weighted by Gasteiger charge is 2.13. The molecule has 140 valence electrons. The monoisotopic (exact) mass is 477 g/mol. The van der Waals surface area contributed by atoms with Crippen LogP contribution in [0.5, 0.6) is 0 Å². The Morgan fingerprint density at radius 1 is 1.20 bits per heavy atom. The quantitative estimate of drug-likeness (QED) is 0.363. The third-order valence-electron chi connectivity index (χ3n) is 3.91. The van der Waals surface area contributed by atoms with Crippen LogP contribution < -0.4 is 10.6 Å². The van der Waals surface area contributed by atoms with Gasteiger partial charge in [-0.05, 0) is 20.3 Å². The smallest absolute Gasteiger partial charge is 0.191 e. The van der Waals surface area contributed by atoms with E-state index in [-0.39, 0.29) is 24.0 Å². The van der Waals surface area contributed by atoms with Gasteiger partial charge in [-0.1, -0.05) is 19.0 Å². The highest BCUT2D eigenvalue weighted by atomic mass is 127. The summed E-state index contributed by atoms with van der Waals surface area (Å²) >= 11 is 1.76. The number of hydrogen-bond donors (Lipinski definition) is 2. The lowest BCUT2D eigenvalue weighted by atomic mass is 10.1. The molecule has 8 heteroatoms. The van der Waals surface area contributed by atoms with Crippen LogP contribution in [-0.2, 0) is 25.8 Å². The molecule has 6 nitrogen and oxygen atoms in total. The van der Waals surface area contributed by atoms with Crippen molar-refractivity contribution in [3.8, 4) is 0 Å². The molecule has 0 amide bonds. The summed E-state index contributed by atoms with van der Waals surface area (Å²) in [6, 6.07) is 0. The van der Waals surface area contributed by atoms with E-state index >= 15 is 0 Å². The van der Waals surface area contributed by atoms with Crippen molar-refractivity contribution < 1.29 is 4.52 Å². The maximum absolute atomic E-state index is 5.40. The minimum atomic E-state index is 0. The van der Waals surface area contributed by atoms with Gasteiger partial charge in [-0.25, -0.2) is 4.98 Å². The van der Waals surface area contributed by atoms with E-state index in [9.17, 15) is 0 Å². The van der Waals surface area contributed by atoms with E-state index in [0.717, 1.165) is 59.5 Å². The lowest BCUT2D eigenvalue weighted by Gasteiger charge is -2.12. The summed E-state index contributed by atoms with van der Waals surface area (Å²) in [5.74, 6) is 1.74. The first-order valence-corrected chi connectivity index (χ1v) is 9.24. The molecule has 0 aliphatic rings. The molecule has 0 saturated heterocycles. The van der Waals surface area contributed by atoms with Crippen molar-refractivity contribution in [2.45, 2.75) is 53.5 Å². The van der Waals surface area contributed by atoms with Crippen molar-refractivity contribution in [1.82, 2.24) is 20.8 Å². The van der Waals surface area contributed by atoms with Gasteiger partial charge in [-0.15, -0.1) is 35.3 Å². The SMILES string of the molecule is CCc1noc(CC)c1CNC(=NC)NCCc1sc(C)nc1C.I. The lowest BCUT2D eigenvalue weighted by Crippen LogP contribution is -2.38. The molecule has 2 heterocycles. The van der Waals surface area contributed by atoms with E-state index in [0.29, 0.717) is 6.54 Å². The fourth-order valence-electron chi connectivity index (χ4n) is 2.63. The van der Waals surface area contributed by atoms with Crippen LogP contribution in [0.25, 0.3) is 0 Å². The maximum Gasteiger partial charge on any atom is 0.191 e. The number of aryl methyl sites for hydroxylation is 4. The number of thiazole rings is 1. The summed E-state index contributed by atoms with van der Waals surface area (Å²) in [6.07, 6.45) is 2.67. The molecule has 2 rings (SSSR count). The molecule has 0 atom stereocenters. The van der Waals surface area contributed by atoms with Crippen LogP contribution in [0.3, 0.4) is 0 Å². The van der Waals surface area contributed by atoms with Crippen LogP contribution in [0, 0.1) is 13.8 Å². The number of nitrogens with one attached hydrogen (secondary N) is 2. The standard InChI is InChI=1S/C17H27N5OS.HI/c1-6-14-13(15(7-2)23-22-14)10-20-17(18-5)19-9-8-16-11(3)21-12(4)24-16;/h6-10H2,1-5H3,(H2,18,19,20);1H. The van der Waals surface area contributed by atoms with Gasteiger partial charge in [0.15, 0.2) is 5.96 Å². The third kappa shape index (κ3) is 5.95. The topological polar surface area (TPSA) is 75.3 Å². The minimum Gasteiger partial charge on any atom is -0.361 e. The molecule has 0 spiro atoms. The predicted molar refractivity (Wildman–Crippen MR) is 114 cm³/mol. The second-order valence-corrected chi connectivity index (χ2v) is 6.87. The summed E-state index contributed by atoms with van der Waals surface area (Å²) in [5, 5.41) is 12.0. The fourth-order valence-corrected chi connectivity index (χ4v) is 3.57. The Balaban J connectivity index is 0.00000312. The molecule has 0 aliphatic heterocycles. The van der Waals surface area contributed by atoms with E-state index in [2.05, 4.69) is 46.5 Å².